The molecular formula is C16H20N2O2. The molecule has 2 unspecified atom stereocenters. The number of hydrogen-bond donors (Lipinski definition) is 2. The van der Waals surface area contributed by atoms with Gasteiger partial charge in [0.1, 0.15) is 0 Å². The van der Waals surface area contributed by atoms with Crippen LogP contribution < -0.4 is 0 Å². The maximum atomic E-state index is 11.2. The number of fused-ring (bicyclic) bond motifs is 1. The van der Waals surface area contributed by atoms with Crippen LogP contribution in [0.3, 0.4) is 0 Å². The highest BCUT2D eigenvalue weighted by Gasteiger charge is 2.31. The van der Waals surface area contributed by atoms with Gasteiger partial charge in [-0.15, -0.1) is 0 Å². The van der Waals surface area contributed by atoms with Crippen molar-refractivity contribution in [2.75, 3.05) is 6.54 Å². The molecule has 20 heavy (non-hydrogen) atoms. The van der Waals surface area contributed by atoms with Gasteiger partial charge in [-0.3, -0.25) is 0 Å². The minimum atomic E-state index is -0.783. The Kier molecular flexibility index (Phi) is 3.38. The van der Waals surface area contributed by atoms with E-state index in [1.54, 1.807) is 4.90 Å². The Morgan fingerprint density at radius 3 is 3.00 bits per heavy atom. The number of aromatic amines is 1. The van der Waals surface area contributed by atoms with E-state index in [1.165, 1.54) is 10.9 Å². The number of nitrogens with zero attached hydrogens (tertiary/aromatic N) is 1. The topological polar surface area (TPSA) is 56.3 Å². The Morgan fingerprint density at radius 1 is 1.45 bits per heavy atom. The molecule has 0 spiro atoms. The molecule has 2 heterocycles. The van der Waals surface area contributed by atoms with E-state index in [0.29, 0.717) is 12.5 Å². The molecule has 0 aliphatic carbocycles. The van der Waals surface area contributed by atoms with E-state index in [4.69, 9.17) is 0 Å². The number of likely N-dealkylation sites (tertiary alicyclic amines) is 1. The number of aromatic nitrogens is 1. The Hall–Kier alpha value is -1.97. The lowest BCUT2D eigenvalue weighted by atomic mass is 9.84. The predicted molar refractivity (Wildman–Crippen MR) is 79.1 cm³/mol. The average molecular weight is 272 g/mol. The van der Waals surface area contributed by atoms with Gasteiger partial charge in [-0.25, -0.2) is 4.79 Å². The monoisotopic (exact) mass is 272 g/mol. The second-order valence-electron chi connectivity index (χ2n) is 5.55. The number of amides is 1. The molecule has 2 atom stereocenters. The zero-order valence-corrected chi connectivity index (χ0v) is 11.7. The summed E-state index contributed by atoms with van der Waals surface area (Å²) in [4.78, 5) is 16.2. The van der Waals surface area contributed by atoms with Crippen LogP contribution in [-0.2, 0) is 0 Å². The molecule has 1 aromatic carbocycles. The van der Waals surface area contributed by atoms with Gasteiger partial charge in [0.15, 0.2) is 0 Å². The second-order valence-corrected chi connectivity index (χ2v) is 5.55. The Labute approximate surface area is 118 Å². The van der Waals surface area contributed by atoms with E-state index in [1.807, 2.05) is 6.07 Å². The van der Waals surface area contributed by atoms with Gasteiger partial charge < -0.3 is 15.0 Å². The van der Waals surface area contributed by atoms with Gasteiger partial charge >= 0.3 is 6.09 Å². The van der Waals surface area contributed by atoms with Crippen molar-refractivity contribution >= 4 is 17.0 Å². The highest BCUT2D eigenvalue weighted by atomic mass is 16.4. The summed E-state index contributed by atoms with van der Waals surface area (Å²) < 4.78 is 0. The zero-order valence-electron chi connectivity index (χ0n) is 11.7. The first-order valence-corrected chi connectivity index (χ1v) is 7.26. The van der Waals surface area contributed by atoms with E-state index in [2.05, 4.69) is 36.3 Å². The van der Waals surface area contributed by atoms with Gasteiger partial charge in [-0.2, -0.15) is 0 Å². The van der Waals surface area contributed by atoms with E-state index < -0.39 is 6.09 Å². The minimum Gasteiger partial charge on any atom is -0.465 e. The van der Waals surface area contributed by atoms with Crippen LogP contribution in [0.4, 0.5) is 4.79 Å². The van der Waals surface area contributed by atoms with Crippen molar-refractivity contribution in [1.29, 1.82) is 0 Å². The second kappa shape index (κ2) is 5.19. The summed E-state index contributed by atoms with van der Waals surface area (Å²) in [5.74, 6) is 0.451. The number of nitrogens with one attached hydrogen (secondary N) is 1. The van der Waals surface area contributed by atoms with E-state index in [-0.39, 0.29) is 6.04 Å². The SMILES string of the molecule is CCC1CC(c2c[nH]c3ccccc23)CCN1C(=O)O. The first kappa shape index (κ1) is 13.0. The van der Waals surface area contributed by atoms with E-state index in [0.717, 1.165) is 24.8 Å². The summed E-state index contributed by atoms with van der Waals surface area (Å²) in [6.45, 7) is 2.70. The molecule has 1 fully saturated rings. The molecule has 4 heteroatoms. The third-order valence-corrected chi connectivity index (χ3v) is 4.49. The van der Waals surface area contributed by atoms with Crippen molar-refractivity contribution in [2.24, 2.45) is 0 Å². The number of hydrogen-bond acceptors (Lipinski definition) is 1. The lowest BCUT2D eigenvalue weighted by molar-refractivity contribution is 0.0993. The van der Waals surface area contributed by atoms with E-state index >= 15 is 0 Å². The van der Waals surface area contributed by atoms with Crippen molar-refractivity contribution in [3.05, 3.63) is 36.0 Å². The molecule has 106 valence electrons. The van der Waals surface area contributed by atoms with E-state index in [9.17, 15) is 9.90 Å². The number of H-pyrrole nitrogens is 1. The standard InChI is InChI=1S/C16H20N2O2/c1-2-12-9-11(7-8-18(12)16(19)20)14-10-17-15-6-4-3-5-13(14)15/h3-6,10-12,17H,2,7-9H2,1H3,(H,19,20). The van der Waals surface area contributed by atoms with Crippen LogP contribution in [0.25, 0.3) is 10.9 Å². The number of carboxylic acid groups (broad SMARTS) is 1. The van der Waals surface area contributed by atoms with Gasteiger partial charge in [0, 0.05) is 29.7 Å². The summed E-state index contributed by atoms with van der Waals surface area (Å²) in [5.41, 5.74) is 2.50. The third-order valence-electron chi connectivity index (χ3n) is 4.49. The number of benzene rings is 1. The number of piperidine rings is 1. The van der Waals surface area contributed by atoms with Crippen molar-refractivity contribution in [3.8, 4) is 0 Å². The molecule has 3 rings (SSSR count). The molecule has 1 amide bonds. The van der Waals surface area contributed by atoms with Crippen LogP contribution in [0, 0.1) is 0 Å². The quantitative estimate of drug-likeness (QED) is 0.873. The molecule has 1 saturated heterocycles. The number of para-hydroxylation sites is 1. The first-order chi connectivity index (χ1) is 9.70. The van der Waals surface area contributed by atoms with Crippen LogP contribution in [0.2, 0.25) is 0 Å². The van der Waals surface area contributed by atoms with Crippen LogP contribution in [0.1, 0.15) is 37.7 Å². The maximum absolute atomic E-state index is 11.2. The molecule has 4 nitrogen and oxygen atoms in total. The van der Waals surface area contributed by atoms with Crippen molar-refractivity contribution in [3.63, 3.8) is 0 Å². The van der Waals surface area contributed by atoms with Crippen molar-refractivity contribution < 1.29 is 9.90 Å². The third kappa shape index (κ3) is 2.15. The maximum Gasteiger partial charge on any atom is 0.407 e. The average Bonchev–Trinajstić information content (AvgIpc) is 2.90. The highest BCUT2D eigenvalue weighted by Crippen LogP contribution is 2.36. The van der Waals surface area contributed by atoms with Crippen molar-refractivity contribution in [2.45, 2.75) is 38.1 Å². The summed E-state index contributed by atoms with van der Waals surface area (Å²) in [7, 11) is 0. The molecule has 2 N–H and O–H groups in total. The lowest BCUT2D eigenvalue weighted by Crippen LogP contribution is -2.44. The fourth-order valence-electron chi connectivity index (χ4n) is 3.40. The molecule has 1 aliphatic rings. The van der Waals surface area contributed by atoms with Crippen LogP contribution in [-0.4, -0.2) is 33.7 Å². The molecular weight excluding hydrogens is 252 g/mol. The Balaban J connectivity index is 1.87. The molecule has 1 aromatic heterocycles. The van der Waals surface area contributed by atoms with Gasteiger partial charge in [0.2, 0.25) is 0 Å². The Bertz CT molecular complexity index is 620. The molecule has 0 bridgehead atoms. The Morgan fingerprint density at radius 2 is 2.25 bits per heavy atom. The summed E-state index contributed by atoms with van der Waals surface area (Å²) in [6, 6.07) is 8.46. The van der Waals surface area contributed by atoms with Gasteiger partial charge in [-0.05, 0) is 36.8 Å². The van der Waals surface area contributed by atoms with Gasteiger partial charge in [0.05, 0.1) is 0 Å². The largest absolute Gasteiger partial charge is 0.465 e. The van der Waals surface area contributed by atoms with Gasteiger partial charge in [-0.1, -0.05) is 25.1 Å². The molecule has 2 aromatic rings. The highest BCUT2D eigenvalue weighted by molar-refractivity contribution is 5.83. The lowest BCUT2D eigenvalue weighted by Gasteiger charge is -2.37. The fraction of sp³-hybridized carbons (Fsp3) is 0.438. The number of carbonyl (C=O) groups is 1. The normalized spacial score (nSPS) is 23.1. The van der Waals surface area contributed by atoms with Crippen LogP contribution >= 0.6 is 0 Å². The molecule has 0 saturated carbocycles. The summed E-state index contributed by atoms with van der Waals surface area (Å²) in [5, 5.41) is 10.5. The molecule has 0 radical (unpaired) electrons. The van der Waals surface area contributed by atoms with Crippen LogP contribution in [0.15, 0.2) is 30.5 Å². The zero-order chi connectivity index (χ0) is 14.1. The van der Waals surface area contributed by atoms with Crippen LogP contribution in [0.5, 0.6) is 0 Å². The number of rotatable bonds is 2. The summed E-state index contributed by atoms with van der Waals surface area (Å²) in [6.07, 6.45) is 4.02. The minimum absolute atomic E-state index is 0.139. The molecule has 1 aliphatic heterocycles. The summed E-state index contributed by atoms with van der Waals surface area (Å²) >= 11 is 0. The fourth-order valence-corrected chi connectivity index (χ4v) is 3.40. The van der Waals surface area contributed by atoms with Crippen molar-refractivity contribution in [1.82, 2.24) is 9.88 Å². The predicted octanol–water partition coefficient (Wildman–Crippen LogP) is 3.80. The van der Waals surface area contributed by atoms with Gasteiger partial charge in [0.25, 0.3) is 0 Å². The first-order valence-electron chi connectivity index (χ1n) is 7.26. The smallest absolute Gasteiger partial charge is 0.407 e.